The topological polar surface area (TPSA) is 35.5 Å². The maximum Gasteiger partial charge on any atom is 0.306 e. The van der Waals surface area contributed by atoms with Crippen LogP contribution in [0.5, 0.6) is 0 Å². The molecule has 3 nitrogen and oxygen atoms in total. The molecular formula is C26H52O3Si. The van der Waals surface area contributed by atoms with Crippen LogP contribution in [0.4, 0.5) is 0 Å². The van der Waals surface area contributed by atoms with Gasteiger partial charge in [-0.1, -0.05) is 84.8 Å². The third-order valence-electron chi connectivity index (χ3n) is 6.28. The molecule has 0 saturated heterocycles. The van der Waals surface area contributed by atoms with Crippen molar-refractivity contribution in [1.29, 1.82) is 0 Å². The summed E-state index contributed by atoms with van der Waals surface area (Å²) in [7, 11) is -1.69. The van der Waals surface area contributed by atoms with Crippen LogP contribution in [-0.4, -0.2) is 27.0 Å². The average molecular weight is 441 g/mol. The van der Waals surface area contributed by atoms with Crippen LogP contribution in [0.15, 0.2) is 12.2 Å². The quantitative estimate of drug-likeness (QED) is 0.0926. The second-order valence-electron chi connectivity index (χ2n) is 10.2. The van der Waals surface area contributed by atoms with Gasteiger partial charge in [0, 0.05) is 12.5 Å². The summed E-state index contributed by atoms with van der Waals surface area (Å²) < 4.78 is 11.7. The lowest BCUT2D eigenvalue weighted by molar-refractivity contribution is -0.143. The van der Waals surface area contributed by atoms with E-state index in [0.717, 1.165) is 12.8 Å². The fourth-order valence-corrected chi connectivity index (χ4v) is 4.73. The summed E-state index contributed by atoms with van der Waals surface area (Å²) >= 11 is 0. The molecule has 1 unspecified atom stereocenters. The summed E-state index contributed by atoms with van der Waals surface area (Å²) in [4.78, 5) is 11.3. The molecule has 0 aliphatic carbocycles. The van der Waals surface area contributed by atoms with Gasteiger partial charge >= 0.3 is 5.97 Å². The Labute approximate surface area is 189 Å². The first kappa shape index (κ1) is 29.4. The Morgan fingerprint density at radius 1 is 0.867 bits per heavy atom. The monoisotopic (exact) mass is 440 g/mol. The van der Waals surface area contributed by atoms with E-state index in [4.69, 9.17) is 9.16 Å². The summed E-state index contributed by atoms with van der Waals surface area (Å²) in [6.07, 6.45) is 20.0. The first-order valence-corrected chi connectivity index (χ1v) is 15.5. The van der Waals surface area contributed by atoms with Crippen LogP contribution in [0.3, 0.4) is 0 Å². The second kappa shape index (κ2) is 17.0. The molecule has 0 heterocycles. The van der Waals surface area contributed by atoms with Crippen molar-refractivity contribution in [3.63, 3.8) is 0 Å². The zero-order valence-electron chi connectivity index (χ0n) is 21.4. The number of esters is 1. The molecule has 30 heavy (non-hydrogen) atoms. The summed E-state index contributed by atoms with van der Waals surface area (Å²) in [5.74, 6) is -0.0914. The average Bonchev–Trinajstić information content (AvgIpc) is 2.65. The number of allylic oxidation sites excluding steroid dienone is 2. The molecule has 0 aliphatic rings. The largest absolute Gasteiger partial charge is 0.466 e. The van der Waals surface area contributed by atoms with Gasteiger partial charge in [-0.2, -0.15) is 0 Å². The Kier molecular flexibility index (Phi) is 16.7. The highest BCUT2D eigenvalue weighted by molar-refractivity contribution is 6.74. The van der Waals surface area contributed by atoms with E-state index in [1.165, 1.54) is 64.2 Å². The van der Waals surface area contributed by atoms with Crippen molar-refractivity contribution >= 4 is 14.3 Å². The Morgan fingerprint density at radius 2 is 1.43 bits per heavy atom. The van der Waals surface area contributed by atoms with Crippen LogP contribution in [0.25, 0.3) is 0 Å². The van der Waals surface area contributed by atoms with Gasteiger partial charge in [-0.25, -0.2) is 0 Å². The number of ether oxygens (including phenoxy) is 1. The molecule has 0 amide bonds. The van der Waals surface area contributed by atoms with Gasteiger partial charge in [0.2, 0.25) is 0 Å². The van der Waals surface area contributed by atoms with Crippen molar-refractivity contribution in [3.05, 3.63) is 12.2 Å². The predicted octanol–water partition coefficient (Wildman–Crippen LogP) is 8.59. The standard InChI is InChI=1S/C26H52O3Si/c1-8-10-11-18-21-24(29-30(6,7)26(3,4)5)22-19-16-14-12-13-15-17-20-23-25(27)28-9-2/h15,17,24H,8-14,16,18-23H2,1-7H3/b17-15+. The van der Waals surface area contributed by atoms with Gasteiger partial charge in [0.25, 0.3) is 0 Å². The molecule has 0 aromatic rings. The maximum absolute atomic E-state index is 11.3. The predicted molar refractivity (Wildman–Crippen MR) is 134 cm³/mol. The van der Waals surface area contributed by atoms with Crippen LogP contribution in [0.1, 0.15) is 118 Å². The highest BCUT2D eigenvalue weighted by Crippen LogP contribution is 2.38. The normalized spacial score (nSPS) is 13.7. The molecule has 0 saturated carbocycles. The molecule has 4 heteroatoms. The van der Waals surface area contributed by atoms with E-state index in [-0.39, 0.29) is 11.0 Å². The Morgan fingerprint density at radius 3 is 2.00 bits per heavy atom. The molecular weight excluding hydrogens is 388 g/mol. The number of unbranched alkanes of at least 4 members (excludes halogenated alkanes) is 7. The third-order valence-corrected chi connectivity index (χ3v) is 10.8. The van der Waals surface area contributed by atoms with Gasteiger partial charge in [-0.15, -0.1) is 0 Å². The van der Waals surface area contributed by atoms with E-state index < -0.39 is 8.32 Å². The van der Waals surface area contributed by atoms with Crippen molar-refractivity contribution in [2.24, 2.45) is 0 Å². The zero-order chi connectivity index (χ0) is 22.9. The maximum atomic E-state index is 11.3. The first-order chi connectivity index (χ1) is 14.1. The molecule has 178 valence electrons. The van der Waals surface area contributed by atoms with Gasteiger partial charge in [-0.3, -0.25) is 4.79 Å². The molecule has 0 bridgehead atoms. The molecule has 1 atom stereocenters. The molecule has 0 aromatic carbocycles. The number of carbonyl (C=O) groups excluding carboxylic acids is 1. The fraction of sp³-hybridized carbons (Fsp3) is 0.885. The summed E-state index contributed by atoms with van der Waals surface area (Å²) in [6.45, 7) is 16.4. The molecule has 0 rings (SSSR count). The lowest BCUT2D eigenvalue weighted by Crippen LogP contribution is -2.44. The summed E-state index contributed by atoms with van der Waals surface area (Å²) in [5, 5.41) is 0.286. The highest BCUT2D eigenvalue weighted by atomic mass is 28.4. The van der Waals surface area contributed by atoms with Gasteiger partial charge < -0.3 is 9.16 Å². The van der Waals surface area contributed by atoms with Crippen LogP contribution >= 0.6 is 0 Å². The first-order valence-electron chi connectivity index (χ1n) is 12.6. The van der Waals surface area contributed by atoms with Crippen molar-refractivity contribution in [2.75, 3.05) is 6.61 Å². The number of hydrogen-bond donors (Lipinski definition) is 0. The SMILES string of the molecule is CCCCCCC(CCCCCC/C=C/CCC(=O)OCC)O[Si](C)(C)C(C)(C)C. The van der Waals surface area contributed by atoms with Gasteiger partial charge in [0.1, 0.15) is 0 Å². The molecule has 0 aliphatic heterocycles. The minimum atomic E-state index is -1.69. The number of hydrogen-bond acceptors (Lipinski definition) is 3. The van der Waals surface area contributed by atoms with E-state index in [1.54, 1.807) is 0 Å². The summed E-state index contributed by atoms with van der Waals surface area (Å²) in [6, 6.07) is 0. The smallest absolute Gasteiger partial charge is 0.306 e. The minimum absolute atomic E-state index is 0.0914. The molecule has 0 N–H and O–H groups in total. The van der Waals surface area contributed by atoms with Gasteiger partial charge in [-0.05, 0) is 57.2 Å². The number of rotatable bonds is 18. The zero-order valence-corrected chi connectivity index (χ0v) is 22.4. The fourth-order valence-electron chi connectivity index (χ4n) is 3.31. The van der Waals surface area contributed by atoms with Gasteiger partial charge in [0.15, 0.2) is 8.32 Å². The lowest BCUT2D eigenvalue weighted by atomic mass is 10.0. The Balaban J connectivity index is 4.10. The molecule has 0 aromatic heterocycles. The molecule has 0 radical (unpaired) electrons. The van der Waals surface area contributed by atoms with E-state index in [0.29, 0.717) is 19.1 Å². The van der Waals surface area contributed by atoms with Crippen molar-refractivity contribution in [2.45, 2.75) is 142 Å². The lowest BCUT2D eigenvalue weighted by Gasteiger charge is -2.39. The Hall–Kier alpha value is -0.613. The van der Waals surface area contributed by atoms with E-state index >= 15 is 0 Å². The Bertz CT molecular complexity index is 452. The summed E-state index contributed by atoms with van der Waals surface area (Å²) in [5.41, 5.74) is 0. The van der Waals surface area contributed by atoms with Crippen LogP contribution in [0.2, 0.25) is 18.1 Å². The highest BCUT2D eigenvalue weighted by Gasteiger charge is 2.38. The number of carbonyl (C=O) groups is 1. The van der Waals surface area contributed by atoms with Crippen molar-refractivity contribution in [3.8, 4) is 0 Å². The van der Waals surface area contributed by atoms with Gasteiger partial charge in [0.05, 0.1) is 6.61 Å². The van der Waals surface area contributed by atoms with Crippen LogP contribution < -0.4 is 0 Å². The van der Waals surface area contributed by atoms with E-state index in [9.17, 15) is 4.79 Å². The minimum Gasteiger partial charge on any atom is -0.466 e. The van der Waals surface area contributed by atoms with Crippen molar-refractivity contribution < 1.29 is 14.0 Å². The van der Waals surface area contributed by atoms with Crippen molar-refractivity contribution in [1.82, 2.24) is 0 Å². The molecule has 0 fully saturated rings. The third kappa shape index (κ3) is 15.2. The van der Waals surface area contributed by atoms with E-state index in [1.807, 2.05) is 6.92 Å². The van der Waals surface area contributed by atoms with E-state index in [2.05, 4.69) is 52.9 Å². The molecule has 0 spiro atoms. The second-order valence-corrected chi connectivity index (χ2v) is 14.9. The van der Waals surface area contributed by atoms with Crippen LogP contribution in [0, 0.1) is 0 Å². The van der Waals surface area contributed by atoms with Crippen LogP contribution in [-0.2, 0) is 14.0 Å².